The fourth-order valence-corrected chi connectivity index (χ4v) is 3.74. The number of rotatable bonds is 10. The second-order valence-electron chi connectivity index (χ2n) is 7.11. The van der Waals surface area contributed by atoms with Gasteiger partial charge in [-0.2, -0.15) is 0 Å². The minimum absolute atomic E-state index is 0.00877. The molecular weight excluding hydrogens is 424 g/mol. The summed E-state index contributed by atoms with van der Waals surface area (Å²) in [7, 11) is 0. The van der Waals surface area contributed by atoms with Crippen molar-refractivity contribution in [3.63, 3.8) is 0 Å². The highest BCUT2D eigenvalue weighted by molar-refractivity contribution is 7.13. The molecule has 0 unspecified atom stereocenters. The molecule has 166 valence electrons. The van der Waals surface area contributed by atoms with E-state index in [-0.39, 0.29) is 37.1 Å². The topological polar surface area (TPSA) is 91.4 Å². The predicted octanol–water partition coefficient (Wildman–Crippen LogP) is 3.77. The van der Waals surface area contributed by atoms with Crippen molar-refractivity contribution in [2.45, 2.75) is 32.7 Å². The second-order valence-corrected chi connectivity index (χ2v) is 8.00. The molecular formula is C24H26N4O3S. The van der Waals surface area contributed by atoms with Crippen LogP contribution >= 0.6 is 11.3 Å². The highest BCUT2D eigenvalue weighted by Crippen LogP contribution is 2.22. The Kier molecular flexibility index (Phi) is 8.51. The maximum absolute atomic E-state index is 13.1. The van der Waals surface area contributed by atoms with Gasteiger partial charge in [0.15, 0.2) is 5.13 Å². The molecule has 0 saturated heterocycles. The van der Waals surface area contributed by atoms with Gasteiger partial charge < -0.3 is 15.5 Å². The van der Waals surface area contributed by atoms with Crippen LogP contribution in [0.3, 0.4) is 0 Å². The first-order valence-electron chi connectivity index (χ1n) is 10.4. The number of hydrogen-bond acceptors (Lipinski definition) is 5. The molecule has 0 aliphatic heterocycles. The van der Waals surface area contributed by atoms with E-state index in [2.05, 4.69) is 15.6 Å². The average molecular weight is 451 g/mol. The van der Waals surface area contributed by atoms with Gasteiger partial charge in [0.25, 0.3) is 0 Å². The van der Waals surface area contributed by atoms with E-state index < -0.39 is 0 Å². The number of amides is 3. The summed E-state index contributed by atoms with van der Waals surface area (Å²) < 4.78 is 0. The third kappa shape index (κ3) is 6.75. The number of para-hydroxylation sites is 1. The monoisotopic (exact) mass is 450 g/mol. The number of thiazole rings is 1. The van der Waals surface area contributed by atoms with Gasteiger partial charge in [0.1, 0.15) is 6.54 Å². The van der Waals surface area contributed by atoms with Crippen LogP contribution in [0.4, 0.5) is 10.8 Å². The van der Waals surface area contributed by atoms with Crippen molar-refractivity contribution in [1.29, 1.82) is 0 Å². The van der Waals surface area contributed by atoms with Gasteiger partial charge in [-0.3, -0.25) is 14.4 Å². The normalized spacial score (nSPS) is 10.4. The number of carbonyl (C=O) groups is 3. The summed E-state index contributed by atoms with van der Waals surface area (Å²) in [6.07, 6.45) is 2.31. The van der Waals surface area contributed by atoms with Crippen LogP contribution in [-0.4, -0.2) is 29.3 Å². The molecule has 8 heteroatoms. The van der Waals surface area contributed by atoms with E-state index >= 15 is 0 Å². The van der Waals surface area contributed by atoms with Crippen LogP contribution in [-0.2, 0) is 27.3 Å². The second kappa shape index (κ2) is 11.8. The molecule has 32 heavy (non-hydrogen) atoms. The van der Waals surface area contributed by atoms with Crippen LogP contribution in [0.2, 0.25) is 0 Å². The molecule has 0 aliphatic carbocycles. The van der Waals surface area contributed by atoms with Crippen molar-refractivity contribution in [2.24, 2.45) is 0 Å². The molecule has 3 rings (SSSR count). The SMILES string of the molecule is CCc1ccccc1N(CC(=O)NCc1ccccc1)C(=O)CCC(=O)Nc1nccs1. The van der Waals surface area contributed by atoms with E-state index in [4.69, 9.17) is 0 Å². The molecule has 0 spiro atoms. The molecule has 3 amide bonds. The molecule has 0 bridgehead atoms. The van der Waals surface area contributed by atoms with Gasteiger partial charge in [0, 0.05) is 36.7 Å². The minimum Gasteiger partial charge on any atom is -0.350 e. The zero-order valence-corrected chi connectivity index (χ0v) is 18.7. The lowest BCUT2D eigenvalue weighted by Gasteiger charge is -2.25. The van der Waals surface area contributed by atoms with Crippen molar-refractivity contribution >= 4 is 39.9 Å². The van der Waals surface area contributed by atoms with Crippen LogP contribution in [0.1, 0.15) is 30.9 Å². The van der Waals surface area contributed by atoms with E-state index in [9.17, 15) is 14.4 Å². The van der Waals surface area contributed by atoms with Crippen molar-refractivity contribution in [2.75, 3.05) is 16.8 Å². The first-order chi connectivity index (χ1) is 15.6. The van der Waals surface area contributed by atoms with Crippen LogP contribution in [0, 0.1) is 0 Å². The van der Waals surface area contributed by atoms with E-state index in [0.717, 1.165) is 17.5 Å². The third-order valence-electron chi connectivity index (χ3n) is 4.84. The van der Waals surface area contributed by atoms with Crippen molar-refractivity contribution in [3.05, 3.63) is 77.3 Å². The number of anilines is 2. The molecule has 0 atom stereocenters. The molecule has 2 aromatic carbocycles. The molecule has 2 N–H and O–H groups in total. The quantitative estimate of drug-likeness (QED) is 0.492. The standard InChI is InChI=1S/C24H26N4O3S/c1-2-19-10-6-7-11-20(19)28(17-22(30)26-16-18-8-4-3-5-9-18)23(31)13-12-21(29)27-24-25-14-15-32-24/h3-11,14-15H,2,12-13,16-17H2,1H3,(H,26,30)(H,25,27,29). The summed E-state index contributed by atoms with van der Waals surface area (Å²) in [6.45, 7) is 2.27. The molecule has 0 radical (unpaired) electrons. The Balaban J connectivity index is 1.66. The maximum atomic E-state index is 13.1. The summed E-state index contributed by atoms with van der Waals surface area (Å²) in [5, 5.41) is 7.80. The molecule has 0 fully saturated rings. The molecule has 1 heterocycles. The third-order valence-corrected chi connectivity index (χ3v) is 5.53. The number of aromatic nitrogens is 1. The van der Waals surface area contributed by atoms with Gasteiger partial charge in [-0.1, -0.05) is 55.5 Å². The van der Waals surface area contributed by atoms with Gasteiger partial charge in [-0.15, -0.1) is 11.3 Å². The van der Waals surface area contributed by atoms with Gasteiger partial charge in [-0.25, -0.2) is 4.98 Å². The van der Waals surface area contributed by atoms with Gasteiger partial charge in [0.05, 0.1) is 0 Å². The zero-order valence-electron chi connectivity index (χ0n) is 17.9. The predicted molar refractivity (Wildman–Crippen MR) is 126 cm³/mol. The van der Waals surface area contributed by atoms with Crippen molar-refractivity contribution in [1.82, 2.24) is 10.3 Å². The number of nitrogens with zero attached hydrogens (tertiary/aromatic N) is 2. The van der Waals surface area contributed by atoms with E-state index in [1.54, 1.807) is 11.6 Å². The van der Waals surface area contributed by atoms with Crippen LogP contribution in [0.5, 0.6) is 0 Å². The Hall–Kier alpha value is -3.52. The minimum atomic E-state index is -0.287. The number of benzene rings is 2. The summed E-state index contributed by atoms with van der Waals surface area (Å²) in [5.74, 6) is -0.832. The Morgan fingerprint density at radius 2 is 1.72 bits per heavy atom. The molecule has 3 aromatic rings. The van der Waals surface area contributed by atoms with Gasteiger partial charge in [-0.05, 0) is 23.6 Å². The lowest BCUT2D eigenvalue weighted by Crippen LogP contribution is -2.41. The molecule has 7 nitrogen and oxygen atoms in total. The lowest BCUT2D eigenvalue weighted by atomic mass is 10.1. The molecule has 0 aliphatic rings. The van der Waals surface area contributed by atoms with Crippen LogP contribution < -0.4 is 15.5 Å². The summed E-state index contributed by atoms with van der Waals surface area (Å²) in [5.41, 5.74) is 2.63. The average Bonchev–Trinajstić information content (AvgIpc) is 3.33. The first-order valence-corrected chi connectivity index (χ1v) is 11.3. The smallest absolute Gasteiger partial charge is 0.240 e. The van der Waals surface area contributed by atoms with Crippen LogP contribution in [0.15, 0.2) is 66.2 Å². The Morgan fingerprint density at radius 3 is 2.44 bits per heavy atom. The van der Waals surface area contributed by atoms with Crippen molar-refractivity contribution < 1.29 is 14.4 Å². The number of carbonyl (C=O) groups excluding carboxylic acids is 3. The largest absolute Gasteiger partial charge is 0.350 e. The van der Waals surface area contributed by atoms with E-state index in [1.165, 1.54) is 16.2 Å². The fourth-order valence-electron chi connectivity index (χ4n) is 3.20. The fraction of sp³-hybridized carbons (Fsp3) is 0.250. The highest BCUT2D eigenvalue weighted by Gasteiger charge is 2.22. The summed E-state index contributed by atoms with van der Waals surface area (Å²) in [4.78, 5) is 43.4. The number of hydrogen-bond donors (Lipinski definition) is 2. The Labute approximate surface area is 191 Å². The summed E-state index contributed by atoms with van der Waals surface area (Å²) >= 11 is 1.31. The Bertz CT molecular complexity index is 1040. The van der Waals surface area contributed by atoms with Gasteiger partial charge in [0.2, 0.25) is 17.7 Å². The van der Waals surface area contributed by atoms with Crippen molar-refractivity contribution in [3.8, 4) is 0 Å². The van der Waals surface area contributed by atoms with E-state index in [1.807, 2.05) is 61.5 Å². The highest BCUT2D eigenvalue weighted by atomic mass is 32.1. The van der Waals surface area contributed by atoms with Gasteiger partial charge >= 0.3 is 0 Å². The maximum Gasteiger partial charge on any atom is 0.240 e. The summed E-state index contributed by atoms with van der Waals surface area (Å²) in [6, 6.07) is 17.1. The lowest BCUT2D eigenvalue weighted by molar-refractivity contribution is -0.125. The Morgan fingerprint density at radius 1 is 0.969 bits per heavy atom. The van der Waals surface area contributed by atoms with Crippen LogP contribution in [0.25, 0.3) is 0 Å². The molecule has 0 saturated carbocycles. The number of aryl methyl sites for hydroxylation is 1. The zero-order chi connectivity index (χ0) is 22.8. The van der Waals surface area contributed by atoms with E-state index in [0.29, 0.717) is 17.4 Å². The molecule has 1 aromatic heterocycles. The number of nitrogens with one attached hydrogen (secondary N) is 2. The first kappa shape index (κ1) is 23.1.